The Morgan fingerprint density at radius 3 is 2.86 bits per heavy atom. The SMILES string of the molecule is CCn1nc(CNCCCC2CCCC2)c2ccccc21. The van der Waals surface area contributed by atoms with Crippen molar-refractivity contribution < 1.29 is 0 Å². The van der Waals surface area contributed by atoms with Crippen LogP contribution in [-0.2, 0) is 13.1 Å². The number of nitrogens with zero attached hydrogens (tertiary/aromatic N) is 2. The average molecular weight is 285 g/mol. The molecule has 0 radical (unpaired) electrons. The first-order valence-electron chi connectivity index (χ1n) is 8.53. The van der Waals surface area contributed by atoms with Gasteiger partial charge in [0.05, 0.1) is 11.2 Å². The van der Waals surface area contributed by atoms with Gasteiger partial charge in [-0.3, -0.25) is 4.68 Å². The number of aromatic nitrogens is 2. The van der Waals surface area contributed by atoms with Gasteiger partial charge in [-0.05, 0) is 38.3 Å². The summed E-state index contributed by atoms with van der Waals surface area (Å²) in [4.78, 5) is 0. The van der Waals surface area contributed by atoms with Gasteiger partial charge in [0.15, 0.2) is 0 Å². The molecule has 0 atom stereocenters. The minimum atomic E-state index is 0.887. The summed E-state index contributed by atoms with van der Waals surface area (Å²) in [5, 5.41) is 9.61. The van der Waals surface area contributed by atoms with Crippen molar-refractivity contribution in [1.29, 1.82) is 0 Å². The number of aryl methyl sites for hydroxylation is 1. The Labute approximate surface area is 127 Å². The Kier molecular flexibility index (Phi) is 4.91. The molecule has 114 valence electrons. The van der Waals surface area contributed by atoms with E-state index < -0.39 is 0 Å². The predicted molar refractivity (Wildman–Crippen MR) is 88.3 cm³/mol. The highest BCUT2D eigenvalue weighted by Gasteiger charge is 2.14. The highest BCUT2D eigenvalue weighted by molar-refractivity contribution is 5.81. The Morgan fingerprint density at radius 1 is 1.24 bits per heavy atom. The van der Waals surface area contributed by atoms with E-state index in [9.17, 15) is 0 Å². The highest BCUT2D eigenvalue weighted by atomic mass is 15.3. The fourth-order valence-corrected chi connectivity index (χ4v) is 3.59. The lowest BCUT2D eigenvalue weighted by atomic mass is 10.0. The fourth-order valence-electron chi connectivity index (χ4n) is 3.59. The van der Waals surface area contributed by atoms with Crippen LogP contribution < -0.4 is 5.32 Å². The van der Waals surface area contributed by atoms with Crippen molar-refractivity contribution in [2.45, 2.75) is 58.5 Å². The van der Waals surface area contributed by atoms with Crippen molar-refractivity contribution in [2.24, 2.45) is 5.92 Å². The van der Waals surface area contributed by atoms with E-state index in [2.05, 4.69) is 41.2 Å². The second-order valence-corrected chi connectivity index (χ2v) is 6.25. The minimum absolute atomic E-state index is 0.887. The summed E-state index contributed by atoms with van der Waals surface area (Å²) in [6.45, 7) is 5.09. The molecule has 21 heavy (non-hydrogen) atoms. The van der Waals surface area contributed by atoms with Crippen LogP contribution >= 0.6 is 0 Å². The van der Waals surface area contributed by atoms with Crippen LogP contribution in [0.25, 0.3) is 10.9 Å². The Balaban J connectivity index is 1.51. The van der Waals surface area contributed by atoms with E-state index in [0.29, 0.717) is 0 Å². The fraction of sp³-hybridized carbons (Fsp3) is 0.611. The molecular formula is C18H27N3. The molecule has 3 nitrogen and oxygen atoms in total. The third-order valence-corrected chi connectivity index (χ3v) is 4.77. The first-order chi connectivity index (χ1) is 10.4. The smallest absolute Gasteiger partial charge is 0.0841 e. The van der Waals surface area contributed by atoms with Gasteiger partial charge in [0.25, 0.3) is 0 Å². The number of fused-ring (bicyclic) bond motifs is 1. The van der Waals surface area contributed by atoms with Crippen LogP contribution in [0.1, 0.15) is 51.1 Å². The number of benzene rings is 1. The maximum atomic E-state index is 4.74. The summed E-state index contributed by atoms with van der Waals surface area (Å²) < 4.78 is 2.10. The van der Waals surface area contributed by atoms with E-state index >= 15 is 0 Å². The van der Waals surface area contributed by atoms with Crippen LogP contribution in [0.2, 0.25) is 0 Å². The third kappa shape index (κ3) is 3.46. The van der Waals surface area contributed by atoms with Gasteiger partial charge in [-0.25, -0.2) is 0 Å². The molecule has 1 aromatic carbocycles. The number of para-hydroxylation sites is 1. The van der Waals surface area contributed by atoms with Gasteiger partial charge < -0.3 is 5.32 Å². The van der Waals surface area contributed by atoms with Gasteiger partial charge in [0.1, 0.15) is 0 Å². The van der Waals surface area contributed by atoms with E-state index in [-0.39, 0.29) is 0 Å². The maximum absolute atomic E-state index is 4.74. The summed E-state index contributed by atoms with van der Waals surface area (Å²) in [6.07, 6.45) is 8.54. The maximum Gasteiger partial charge on any atom is 0.0841 e. The van der Waals surface area contributed by atoms with Crippen LogP contribution in [0.4, 0.5) is 0 Å². The van der Waals surface area contributed by atoms with Crippen molar-refractivity contribution >= 4 is 10.9 Å². The lowest BCUT2D eigenvalue weighted by Gasteiger charge is -2.08. The molecule has 0 spiro atoms. The summed E-state index contributed by atoms with van der Waals surface area (Å²) in [5.74, 6) is 1.01. The zero-order valence-corrected chi connectivity index (χ0v) is 13.1. The van der Waals surface area contributed by atoms with Gasteiger partial charge in [-0.2, -0.15) is 5.10 Å². The molecule has 0 unspecified atom stereocenters. The van der Waals surface area contributed by atoms with E-state index in [1.54, 1.807) is 0 Å². The molecule has 1 heterocycles. The number of nitrogens with one attached hydrogen (secondary N) is 1. The van der Waals surface area contributed by atoms with Crippen molar-refractivity contribution in [3.05, 3.63) is 30.0 Å². The quantitative estimate of drug-likeness (QED) is 0.776. The molecule has 1 N–H and O–H groups in total. The normalized spacial score (nSPS) is 16.0. The van der Waals surface area contributed by atoms with Gasteiger partial charge in [0.2, 0.25) is 0 Å². The lowest BCUT2D eigenvalue weighted by Crippen LogP contribution is -2.16. The molecule has 3 heteroatoms. The van der Waals surface area contributed by atoms with Crippen LogP contribution in [0.3, 0.4) is 0 Å². The van der Waals surface area contributed by atoms with E-state index in [4.69, 9.17) is 5.10 Å². The number of hydrogen-bond acceptors (Lipinski definition) is 2. The molecule has 0 amide bonds. The molecule has 0 bridgehead atoms. The number of rotatable bonds is 7. The van der Waals surface area contributed by atoms with E-state index in [1.807, 2.05) is 0 Å². The zero-order chi connectivity index (χ0) is 14.5. The molecule has 1 aliphatic rings. The third-order valence-electron chi connectivity index (χ3n) is 4.77. The summed E-state index contributed by atoms with van der Waals surface area (Å²) >= 11 is 0. The van der Waals surface area contributed by atoms with Gasteiger partial charge in [0, 0.05) is 18.5 Å². The average Bonchev–Trinajstić information content (AvgIpc) is 3.15. The van der Waals surface area contributed by atoms with Crippen molar-refractivity contribution in [3.63, 3.8) is 0 Å². The molecule has 3 rings (SSSR count). The second kappa shape index (κ2) is 7.08. The van der Waals surface area contributed by atoms with Crippen LogP contribution in [0, 0.1) is 5.92 Å². The summed E-state index contributed by atoms with van der Waals surface area (Å²) in [5.41, 5.74) is 2.44. The monoisotopic (exact) mass is 285 g/mol. The Hall–Kier alpha value is -1.35. The highest BCUT2D eigenvalue weighted by Crippen LogP contribution is 2.28. The Morgan fingerprint density at radius 2 is 2.05 bits per heavy atom. The van der Waals surface area contributed by atoms with Crippen LogP contribution in [-0.4, -0.2) is 16.3 Å². The second-order valence-electron chi connectivity index (χ2n) is 6.25. The Bertz CT molecular complexity index is 567. The predicted octanol–water partition coefficient (Wildman–Crippen LogP) is 4.12. The van der Waals surface area contributed by atoms with E-state index in [0.717, 1.165) is 25.6 Å². The molecular weight excluding hydrogens is 258 g/mol. The van der Waals surface area contributed by atoms with Crippen molar-refractivity contribution in [2.75, 3.05) is 6.54 Å². The van der Waals surface area contributed by atoms with Crippen molar-refractivity contribution in [1.82, 2.24) is 15.1 Å². The minimum Gasteiger partial charge on any atom is -0.311 e. The van der Waals surface area contributed by atoms with Crippen LogP contribution in [0.15, 0.2) is 24.3 Å². The standard InChI is InChI=1S/C18H27N3/c1-2-21-18-12-6-5-11-16(18)17(20-21)14-19-13-7-10-15-8-3-4-9-15/h5-6,11-12,15,19H,2-4,7-10,13-14H2,1H3. The molecule has 1 fully saturated rings. The zero-order valence-electron chi connectivity index (χ0n) is 13.1. The van der Waals surface area contributed by atoms with Gasteiger partial charge in [-0.15, -0.1) is 0 Å². The number of hydrogen-bond donors (Lipinski definition) is 1. The summed E-state index contributed by atoms with van der Waals surface area (Å²) in [6, 6.07) is 8.54. The van der Waals surface area contributed by atoms with Gasteiger partial charge >= 0.3 is 0 Å². The molecule has 0 saturated heterocycles. The lowest BCUT2D eigenvalue weighted by molar-refractivity contribution is 0.469. The summed E-state index contributed by atoms with van der Waals surface area (Å²) in [7, 11) is 0. The first kappa shape index (κ1) is 14.6. The largest absolute Gasteiger partial charge is 0.311 e. The van der Waals surface area contributed by atoms with Gasteiger partial charge in [-0.1, -0.05) is 43.9 Å². The molecule has 1 aromatic heterocycles. The van der Waals surface area contributed by atoms with Crippen LogP contribution in [0.5, 0.6) is 0 Å². The molecule has 1 aliphatic carbocycles. The molecule has 1 saturated carbocycles. The van der Waals surface area contributed by atoms with Crippen molar-refractivity contribution in [3.8, 4) is 0 Å². The topological polar surface area (TPSA) is 29.9 Å². The first-order valence-corrected chi connectivity index (χ1v) is 8.53. The molecule has 0 aliphatic heterocycles. The van der Waals surface area contributed by atoms with E-state index in [1.165, 1.54) is 55.1 Å². The molecule has 2 aromatic rings.